The van der Waals surface area contributed by atoms with E-state index < -0.39 is 0 Å². The lowest BCUT2D eigenvalue weighted by atomic mass is 9.83. The number of methoxy groups -OCH3 is 1. The van der Waals surface area contributed by atoms with Gasteiger partial charge in [-0.1, -0.05) is 6.42 Å². The fourth-order valence-corrected chi connectivity index (χ4v) is 5.09. The molecule has 0 bridgehead atoms. The SMILES string of the molecule is COc1ccc(N2C[C@H](C(=O)NC[C@H]3CCCN4CCCC[C@@H]34)CC2=O)cc1. The van der Waals surface area contributed by atoms with E-state index in [1.807, 2.05) is 24.3 Å². The molecule has 6 nitrogen and oxygen atoms in total. The average Bonchev–Trinajstić information content (AvgIpc) is 3.13. The number of hydrogen-bond donors (Lipinski definition) is 1. The van der Waals surface area contributed by atoms with Crippen LogP contribution in [-0.2, 0) is 9.59 Å². The van der Waals surface area contributed by atoms with E-state index in [4.69, 9.17) is 4.74 Å². The van der Waals surface area contributed by atoms with E-state index in [1.165, 1.54) is 45.2 Å². The summed E-state index contributed by atoms with van der Waals surface area (Å²) in [5.74, 6) is 1.08. The van der Waals surface area contributed by atoms with Crippen molar-refractivity contribution in [1.82, 2.24) is 10.2 Å². The van der Waals surface area contributed by atoms with Crippen molar-refractivity contribution in [1.29, 1.82) is 0 Å². The molecule has 0 aliphatic carbocycles. The van der Waals surface area contributed by atoms with Gasteiger partial charge in [-0.25, -0.2) is 0 Å². The van der Waals surface area contributed by atoms with E-state index in [9.17, 15) is 9.59 Å². The molecule has 3 aliphatic rings. The summed E-state index contributed by atoms with van der Waals surface area (Å²) in [5.41, 5.74) is 0.825. The van der Waals surface area contributed by atoms with Crippen LogP contribution >= 0.6 is 0 Å². The third-order valence-corrected chi connectivity index (χ3v) is 6.65. The molecular formula is C22H31N3O3. The van der Waals surface area contributed by atoms with Crippen LogP contribution in [0, 0.1) is 11.8 Å². The molecule has 1 N–H and O–H groups in total. The molecule has 3 saturated heterocycles. The van der Waals surface area contributed by atoms with Crippen LogP contribution in [0.4, 0.5) is 5.69 Å². The Bertz CT molecular complexity index is 703. The Morgan fingerprint density at radius 1 is 1.14 bits per heavy atom. The third kappa shape index (κ3) is 4.02. The Kier molecular flexibility index (Phi) is 5.85. The lowest BCUT2D eigenvalue weighted by Crippen LogP contribution is -2.51. The number of benzene rings is 1. The molecular weight excluding hydrogens is 354 g/mol. The maximum Gasteiger partial charge on any atom is 0.227 e. The maximum absolute atomic E-state index is 12.7. The Morgan fingerprint density at radius 2 is 1.93 bits per heavy atom. The minimum Gasteiger partial charge on any atom is -0.497 e. The Hall–Kier alpha value is -2.08. The second-order valence-corrected chi connectivity index (χ2v) is 8.35. The van der Waals surface area contributed by atoms with Crippen LogP contribution in [0.15, 0.2) is 24.3 Å². The summed E-state index contributed by atoms with van der Waals surface area (Å²) >= 11 is 0. The molecule has 1 aromatic carbocycles. The van der Waals surface area contributed by atoms with Crippen LogP contribution in [0.25, 0.3) is 0 Å². The number of rotatable bonds is 5. The minimum absolute atomic E-state index is 0.0152. The molecule has 3 aliphatic heterocycles. The van der Waals surface area contributed by atoms with Gasteiger partial charge in [-0.3, -0.25) is 9.59 Å². The molecule has 2 amide bonds. The van der Waals surface area contributed by atoms with Crippen molar-refractivity contribution in [3.05, 3.63) is 24.3 Å². The molecule has 3 heterocycles. The van der Waals surface area contributed by atoms with Crippen LogP contribution < -0.4 is 15.0 Å². The van der Waals surface area contributed by atoms with Crippen LogP contribution in [0.2, 0.25) is 0 Å². The summed E-state index contributed by atoms with van der Waals surface area (Å²) in [5, 5.41) is 3.17. The summed E-state index contributed by atoms with van der Waals surface area (Å²) in [7, 11) is 1.62. The highest BCUT2D eigenvalue weighted by Gasteiger charge is 2.37. The molecule has 152 valence electrons. The molecule has 6 heteroatoms. The van der Waals surface area contributed by atoms with Gasteiger partial charge in [-0.2, -0.15) is 0 Å². The highest BCUT2D eigenvalue weighted by atomic mass is 16.5. The maximum atomic E-state index is 12.7. The van der Waals surface area contributed by atoms with E-state index in [-0.39, 0.29) is 24.2 Å². The fraction of sp³-hybridized carbons (Fsp3) is 0.636. The highest BCUT2D eigenvalue weighted by molar-refractivity contribution is 6.00. The largest absolute Gasteiger partial charge is 0.497 e. The first-order valence-electron chi connectivity index (χ1n) is 10.6. The lowest BCUT2D eigenvalue weighted by molar-refractivity contribution is -0.126. The Labute approximate surface area is 167 Å². The highest BCUT2D eigenvalue weighted by Crippen LogP contribution is 2.31. The van der Waals surface area contributed by atoms with E-state index in [1.54, 1.807) is 12.0 Å². The number of hydrogen-bond acceptors (Lipinski definition) is 4. The van der Waals surface area contributed by atoms with Gasteiger partial charge in [0.25, 0.3) is 0 Å². The predicted molar refractivity (Wildman–Crippen MR) is 108 cm³/mol. The van der Waals surface area contributed by atoms with Gasteiger partial charge in [0.2, 0.25) is 11.8 Å². The molecule has 0 saturated carbocycles. The van der Waals surface area contributed by atoms with Gasteiger partial charge in [0.15, 0.2) is 0 Å². The fourth-order valence-electron chi connectivity index (χ4n) is 5.09. The molecule has 1 aromatic rings. The minimum atomic E-state index is -0.263. The topological polar surface area (TPSA) is 61.9 Å². The molecule has 0 radical (unpaired) electrons. The Morgan fingerprint density at radius 3 is 2.71 bits per heavy atom. The zero-order valence-electron chi connectivity index (χ0n) is 16.7. The summed E-state index contributed by atoms with van der Waals surface area (Å²) in [6.07, 6.45) is 6.58. The summed E-state index contributed by atoms with van der Waals surface area (Å²) < 4.78 is 5.17. The summed E-state index contributed by atoms with van der Waals surface area (Å²) in [6, 6.07) is 8.06. The average molecular weight is 386 g/mol. The first-order valence-corrected chi connectivity index (χ1v) is 10.6. The van der Waals surface area contributed by atoms with Crippen molar-refractivity contribution < 1.29 is 14.3 Å². The molecule has 4 rings (SSSR count). The van der Waals surface area contributed by atoms with Crippen LogP contribution in [-0.4, -0.2) is 56.0 Å². The van der Waals surface area contributed by atoms with Crippen molar-refractivity contribution in [3.63, 3.8) is 0 Å². The number of carbonyl (C=O) groups is 2. The van der Waals surface area contributed by atoms with Gasteiger partial charge in [0.1, 0.15) is 5.75 Å². The van der Waals surface area contributed by atoms with E-state index in [0.717, 1.165) is 18.0 Å². The van der Waals surface area contributed by atoms with Crippen LogP contribution in [0.5, 0.6) is 5.75 Å². The van der Waals surface area contributed by atoms with Gasteiger partial charge in [0, 0.05) is 31.2 Å². The number of nitrogens with one attached hydrogen (secondary N) is 1. The number of carbonyl (C=O) groups excluding carboxylic acids is 2. The first kappa shape index (κ1) is 19.2. The number of piperidine rings is 2. The zero-order valence-corrected chi connectivity index (χ0v) is 16.7. The Balaban J connectivity index is 1.32. The standard InChI is InChI=1S/C22H31N3O3/c1-28-19-9-7-18(8-10-19)25-15-17(13-21(25)26)22(27)23-14-16-5-4-12-24-11-3-2-6-20(16)24/h7-10,16-17,20H,2-6,11-15H2,1H3,(H,23,27)/t16-,17-,20+/m1/s1. The molecule has 0 aromatic heterocycles. The number of amides is 2. The van der Waals surface area contributed by atoms with Crippen molar-refractivity contribution in [3.8, 4) is 5.75 Å². The quantitative estimate of drug-likeness (QED) is 0.846. The summed E-state index contributed by atoms with van der Waals surface area (Å²) in [4.78, 5) is 29.5. The number of anilines is 1. The molecule has 28 heavy (non-hydrogen) atoms. The van der Waals surface area contributed by atoms with Gasteiger partial charge in [0.05, 0.1) is 13.0 Å². The lowest BCUT2D eigenvalue weighted by Gasteiger charge is -2.44. The third-order valence-electron chi connectivity index (χ3n) is 6.65. The molecule has 3 fully saturated rings. The number of ether oxygens (including phenoxy) is 1. The predicted octanol–water partition coefficient (Wildman–Crippen LogP) is 2.43. The summed E-state index contributed by atoms with van der Waals surface area (Å²) in [6.45, 7) is 3.62. The van der Waals surface area contributed by atoms with E-state index in [0.29, 0.717) is 18.5 Å². The van der Waals surface area contributed by atoms with Crippen LogP contribution in [0.1, 0.15) is 38.5 Å². The van der Waals surface area contributed by atoms with Crippen molar-refractivity contribution in [2.45, 2.75) is 44.6 Å². The molecule has 0 spiro atoms. The second kappa shape index (κ2) is 8.52. The molecule has 0 unspecified atom stereocenters. The van der Waals surface area contributed by atoms with Gasteiger partial charge >= 0.3 is 0 Å². The smallest absolute Gasteiger partial charge is 0.227 e. The van der Waals surface area contributed by atoms with Gasteiger partial charge in [-0.15, -0.1) is 0 Å². The second-order valence-electron chi connectivity index (χ2n) is 8.35. The monoisotopic (exact) mass is 385 g/mol. The van der Waals surface area contributed by atoms with Crippen LogP contribution in [0.3, 0.4) is 0 Å². The first-order chi connectivity index (χ1) is 13.7. The number of fused-ring (bicyclic) bond motifs is 1. The number of nitrogens with zero attached hydrogens (tertiary/aromatic N) is 2. The van der Waals surface area contributed by atoms with Gasteiger partial charge in [-0.05, 0) is 69.0 Å². The molecule has 3 atom stereocenters. The normalized spacial score (nSPS) is 28.1. The van der Waals surface area contributed by atoms with Crippen molar-refractivity contribution in [2.24, 2.45) is 11.8 Å². The van der Waals surface area contributed by atoms with Crippen molar-refractivity contribution in [2.75, 3.05) is 38.2 Å². The van der Waals surface area contributed by atoms with E-state index in [2.05, 4.69) is 10.2 Å². The van der Waals surface area contributed by atoms with Crippen molar-refractivity contribution >= 4 is 17.5 Å². The zero-order chi connectivity index (χ0) is 19.5. The van der Waals surface area contributed by atoms with E-state index >= 15 is 0 Å². The van der Waals surface area contributed by atoms with Gasteiger partial charge < -0.3 is 19.9 Å².